The Morgan fingerprint density at radius 1 is 0.964 bits per heavy atom. The van der Waals surface area contributed by atoms with E-state index in [9.17, 15) is 0 Å². The molecular formula is C24H30N2O2. The van der Waals surface area contributed by atoms with Gasteiger partial charge in [0.05, 0.1) is 19.3 Å². The monoisotopic (exact) mass is 378 g/mol. The van der Waals surface area contributed by atoms with Crippen LogP contribution in [0.4, 0.5) is 0 Å². The minimum atomic E-state index is 0.181. The number of H-pyrrole nitrogens is 1. The molecule has 148 valence electrons. The maximum Gasteiger partial charge on any atom is 0.120 e. The molecule has 1 unspecified atom stereocenters. The first-order valence-electron chi connectivity index (χ1n) is 10.5. The SMILES string of the molecule is CCCCCOc1ccc(C2NCCc3c2[nH]c2ccc(OCC)cc32)cc1. The summed E-state index contributed by atoms with van der Waals surface area (Å²) in [6, 6.07) is 15.1. The van der Waals surface area contributed by atoms with Crippen molar-refractivity contribution >= 4 is 10.9 Å². The van der Waals surface area contributed by atoms with Crippen LogP contribution in [0.5, 0.6) is 11.5 Å². The van der Waals surface area contributed by atoms with Crippen LogP contribution in [-0.2, 0) is 6.42 Å². The maximum atomic E-state index is 5.86. The predicted molar refractivity (Wildman–Crippen MR) is 114 cm³/mol. The van der Waals surface area contributed by atoms with E-state index in [1.54, 1.807) is 0 Å². The van der Waals surface area contributed by atoms with Gasteiger partial charge in [0.2, 0.25) is 0 Å². The Bertz CT molecular complexity index is 914. The topological polar surface area (TPSA) is 46.3 Å². The molecule has 2 aromatic carbocycles. The van der Waals surface area contributed by atoms with Crippen LogP contribution in [0.3, 0.4) is 0 Å². The molecular weight excluding hydrogens is 348 g/mol. The van der Waals surface area contributed by atoms with Crippen LogP contribution in [0.1, 0.15) is 56.0 Å². The summed E-state index contributed by atoms with van der Waals surface area (Å²) >= 11 is 0. The van der Waals surface area contributed by atoms with Crippen molar-refractivity contribution in [2.75, 3.05) is 19.8 Å². The molecule has 4 rings (SSSR count). The lowest BCUT2D eigenvalue weighted by Crippen LogP contribution is -2.30. The van der Waals surface area contributed by atoms with Crippen molar-refractivity contribution in [1.29, 1.82) is 0 Å². The van der Waals surface area contributed by atoms with Gasteiger partial charge < -0.3 is 19.8 Å². The van der Waals surface area contributed by atoms with Crippen molar-refractivity contribution in [3.63, 3.8) is 0 Å². The Morgan fingerprint density at radius 2 is 1.79 bits per heavy atom. The normalized spacial score (nSPS) is 16.1. The average Bonchev–Trinajstić information content (AvgIpc) is 3.10. The minimum Gasteiger partial charge on any atom is -0.494 e. The van der Waals surface area contributed by atoms with Crippen LogP contribution in [0.15, 0.2) is 42.5 Å². The van der Waals surface area contributed by atoms with E-state index in [-0.39, 0.29) is 6.04 Å². The van der Waals surface area contributed by atoms with Crippen molar-refractivity contribution in [1.82, 2.24) is 10.3 Å². The van der Waals surface area contributed by atoms with Crippen LogP contribution in [0.2, 0.25) is 0 Å². The van der Waals surface area contributed by atoms with Crippen LogP contribution < -0.4 is 14.8 Å². The molecule has 2 N–H and O–H groups in total. The lowest BCUT2D eigenvalue weighted by Gasteiger charge is -2.25. The van der Waals surface area contributed by atoms with E-state index < -0.39 is 0 Å². The molecule has 4 nitrogen and oxygen atoms in total. The molecule has 4 heteroatoms. The lowest BCUT2D eigenvalue weighted by atomic mass is 9.94. The number of rotatable bonds is 8. The summed E-state index contributed by atoms with van der Waals surface area (Å²) in [6.07, 6.45) is 4.58. The van der Waals surface area contributed by atoms with Gasteiger partial charge in [-0.05, 0) is 61.2 Å². The Morgan fingerprint density at radius 3 is 2.57 bits per heavy atom. The summed E-state index contributed by atoms with van der Waals surface area (Å²) in [5, 5.41) is 4.95. The highest BCUT2D eigenvalue weighted by Gasteiger charge is 2.25. The average molecular weight is 379 g/mol. The van der Waals surface area contributed by atoms with E-state index >= 15 is 0 Å². The van der Waals surface area contributed by atoms with E-state index in [4.69, 9.17) is 9.47 Å². The zero-order valence-electron chi connectivity index (χ0n) is 16.9. The summed E-state index contributed by atoms with van der Waals surface area (Å²) in [7, 11) is 0. The van der Waals surface area contributed by atoms with Crippen LogP contribution in [-0.4, -0.2) is 24.7 Å². The van der Waals surface area contributed by atoms with E-state index in [1.807, 2.05) is 13.0 Å². The van der Waals surface area contributed by atoms with E-state index in [0.717, 1.165) is 37.5 Å². The second kappa shape index (κ2) is 8.70. The summed E-state index contributed by atoms with van der Waals surface area (Å²) in [5.74, 6) is 1.89. The summed E-state index contributed by atoms with van der Waals surface area (Å²) in [5.41, 5.74) is 5.11. The van der Waals surface area contributed by atoms with Gasteiger partial charge >= 0.3 is 0 Å². The molecule has 0 radical (unpaired) electrons. The zero-order valence-corrected chi connectivity index (χ0v) is 16.9. The number of benzene rings is 2. The zero-order chi connectivity index (χ0) is 19.3. The fraction of sp³-hybridized carbons (Fsp3) is 0.417. The summed E-state index contributed by atoms with van der Waals surface area (Å²) in [4.78, 5) is 3.65. The fourth-order valence-electron chi connectivity index (χ4n) is 4.05. The molecule has 1 aliphatic rings. The third-order valence-corrected chi connectivity index (χ3v) is 5.46. The maximum absolute atomic E-state index is 5.86. The number of nitrogens with one attached hydrogen (secondary N) is 2. The molecule has 1 aromatic heterocycles. The standard InChI is InChI=1S/C24H30N2O2/c1-3-5-6-15-28-18-9-7-17(8-10-18)23-24-20(13-14-25-23)21-16-19(27-4-2)11-12-22(21)26-24/h7-12,16,23,25-26H,3-6,13-15H2,1-2H3. The number of fused-ring (bicyclic) bond motifs is 3. The Kier molecular flexibility index (Phi) is 5.87. The summed E-state index contributed by atoms with van der Waals surface area (Å²) in [6.45, 7) is 6.69. The number of aromatic amines is 1. The first-order chi connectivity index (χ1) is 13.8. The number of ether oxygens (including phenoxy) is 2. The highest BCUT2D eigenvalue weighted by molar-refractivity contribution is 5.86. The lowest BCUT2D eigenvalue weighted by molar-refractivity contribution is 0.306. The number of aromatic nitrogens is 1. The van der Waals surface area contributed by atoms with Crippen LogP contribution in [0, 0.1) is 0 Å². The van der Waals surface area contributed by atoms with Gasteiger partial charge in [0.25, 0.3) is 0 Å². The first-order valence-corrected chi connectivity index (χ1v) is 10.5. The van der Waals surface area contributed by atoms with Gasteiger partial charge in [-0.15, -0.1) is 0 Å². The van der Waals surface area contributed by atoms with Gasteiger partial charge in [0.15, 0.2) is 0 Å². The van der Waals surface area contributed by atoms with Gasteiger partial charge in [0, 0.05) is 23.1 Å². The molecule has 0 fully saturated rings. The van der Waals surface area contributed by atoms with Gasteiger partial charge in [-0.2, -0.15) is 0 Å². The third kappa shape index (κ3) is 3.88. The second-order valence-corrected chi connectivity index (χ2v) is 7.42. The molecule has 28 heavy (non-hydrogen) atoms. The second-order valence-electron chi connectivity index (χ2n) is 7.42. The number of hydrogen-bond donors (Lipinski definition) is 2. The molecule has 3 aromatic rings. The van der Waals surface area contributed by atoms with Crippen molar-refractivity contribution < 1.29 is 9.47 Å². The molecule has 0 saturated heterocycles. The molecule has 0 bridgehead atoms. The van der Waals surface area contributed by atoms with E-state index in [2.05, 4.69) is 53.6 Å². The Labute approximate surface area is 167 Å². The Hall–Kier alpha value is -2.46. The molecule has 0 spiro atoms. The van der Waals surface area contributed by atoms with Crippen molar-refractivity contribution in [3.8, 4) is 11.5 Å². The smallest absolute Gasteiger partial charge is 0.120 e. The highest BCUT2D eigenvalue weighted by atomic mass is 16.5. The van der Waals surface area contributed by atoms with E-state index in [1.165, 1.54) is 40.6 Å². The van der Waals surface area contributed by atoms with Gasteiger partial charge in [-0.25, -0.2) is 0 Å². The quantitative estimate of drug-likeness (QED) is 0.518. The van der Waals surface area contributed by atoms with E-state index in [0.29, 0.717) is 6.61 Å². The van der Waals surface area contributed by atoms with Crippen molar-refractivity contribution in [2.45, 2.75) is 45.6 Å². The largest absolute Gasteiger partial charge is 0.494 e. The number of hydrogen-bond acceptors (Lipinski definition) is 3. The van der Waals surface area contributed by atoms with Gasteiger partial charge in [0.1, 0.15) is 11.5 Å². The van der Waals surface area contributed by atoms with Crippen molar-refractivity contribution in [2.24, 2.45) is 0 Å². The predicted octanol–water partition coefficient (Wildman–Crippen LogP) is 5.37. The van der Waals surface area contributed by atoms with Crippen LogP contribution in [0.25, 0.3) is 10.9 Å². The van der Waals surface area contributed by atoms with Crippen LogP contribution >= 0.6 is 0 Å². The fourth-order valence-corrected chi connectivity index (χ4v) is 4.05. The van der Waals surface area contributed by atoms with Crippen molar-refractivity contribution in [3.05, 3.63) is 59.3 Å². The molecule has 1 aliphatic heterocycles. The molecule has 0 aliphatic carbocycles. The molecule has 2 heterocycles. The molecule has 0 saturated carbocycles. The Balaban J connectivity index is 1.56. The number of unbranched alkanes of at least 4 members (excludes halogenated alkanes) is 2. The van der Waals surface area contributed by atoms with Gasteiger partial charge in [-0.1, -0.05) is 31.9 Å². The first kappa shape index (κ1) is 18.9. The van der Waals surface area contributed by atoms with Gasteiger partial charge in [-0.3, -0.25) is 0 Å². The minimum absolute atomic E-state index is 0.181. The summed E-state index contributed by atoms with van der Waals surface area (Å²) < 4.78 is 11.6. The molecule has 0 amide bonds. The highest BCUT2D eigenvalue weighted by Crippen LogP contribution is 2.35. The third-order valence-electron chi connectivity index (χ3n) is 5.46. The molecule has 1 atom stereocenters.